The normalized spacial score (nSPS) is 12.3. The van der Waals surface area contributed by atoms with Crippen molar-refractivity contribution in [1.82, 2.24) is 14.9 Å². The third-order valence-electron chi connectivity index (χ3n) is 3.16. The van der Waals surface area contributed by atoms with Crippen LogP contribution in [0.4, 0.5) is 0 Å². The van der Waals surface area contributed by atoms with Crippen LogP contribution in [0.3, 0.4) is 0 Å². The predicted molar refractivity (Wildman–Crippen MR) is 78.8 cm³/mol. The Balaban J connectivity index is 1.98. The van der Waals surface area contributed by atoms with E-state index in [1.807, 2.05) is 25.1 Å². The second kappa shape index (κ2) is 6.34. The standard InChI is InChI=1S/C15H19N3O2/c1-11-9-18(15(20)17-14(11)19)10-12(2)16-8-13-6-4-3-5-7-13/h3-7,9,12,16H,8,10H2,1-2H3,(H,17,19,20). The Labute approximate surface area is 117 Å². The quantitative estimate of drug-likeness (QED) is 0.855. The Morgan fingerprint density at radius 2 is 1.95 bits per heavy atom. The highest BCUT2D eigenvalue weighted by atomic mass is 16.2. The summed E-state index contributed by atoms with van der Waals surface area (Å²) in [7, 11) is 0. The molecule has 1 heterocycles. The van der Waals surface area contributed by atoms with Gasteiger partial charge >= 0.3 is 5.69 Å². The maximum absolute atomic E-state index is 11.7. The first-order valence-electron chi connectivity index (χ1n) is 6.64. The number of aryl methyl sites for hydroxylation is 1. The van der Waals surface area contributed by atoms with Crippen LogP contribution in [0.5, 0.6) is 0 Å². The van der Waals surface area contributed by atoms with Crippen molar-refractivity contribution in [1.29, 1.82) is 0 Å². The Kier molecular flexibility index (Phi) is 4.53. The van der Waals surface area contributed by atoms with Crippen LogP contribution in [0.2, 0.25) is 0 Å². The molecule has 0 saturated heterocycles. The highest BCUT2D eigenvalue weighted by molar-refractivity contribution is 5.14. The van der Waals surface area contributed by atoms with E-state index in [1.165, 1.54) is 10.1 Å². The molecule has 0 spiro atoms. The zero-order valence-corrected chi connectivity index (χ0v) is 11.7. The molecule has 0 radical (unpaired) electrons. The van der Waals surface area contributed by atoms with Crippen molar-refractivity contribution >= 4 is 0 Å². The lowest BCUT2D eigenvalue weighted by Gasteiger charge is -2.15. The molecule has 1 atom stereocenters. The smallest absolute Gasteiger partial charge is 0.308 e. The lowest BCUT2D eigenvalue weighted by Crippen LogP contribution is -2.37. The van der Waals surface area contributed by atoms with E-state index < -0.39 is 0 Å². The molecule has 1 aromatic carbocycles. The minimum Gasteiger partial charge on any atom is -0.308 e. The minimum atomic E-state index is -0.367. The van der Waals surface area contributed by atoms with Crippen LogP contribution < -0.4 is 16.6 Å². The Morgan fingerprint density at radius 1 is 1.25 bits per heavy atom. The van der Waals surface area contributed by atoms with Gasteiger partial charge in [-0.1, -0.05) is 30.3 Å². The predicted octanol–water partition coefficient (Wildman–Crippen LogP) is 1.02. The third kappa shape index (κ3) is 3.68. The van der Waals surface area contributed by atoms with Gasteiger partial charge in [-0.05, 0) is 19.4 Å². The molecular formula is C15H19N3O2. The summed E-state index contributed by atoms with van der Waals surface area (Å²) >= 11 is 0. The molecule has 2 N–H and O–H groups in total. The van der Waals surface area contributed by atoms with Crippen molar-refractivity contribution in [2.24, 2.45) is 0 Å². The highest BCUT2D eigenvalue weighted by Crippen LogP contribution is 1.99. The summed E-state index contributed by atoms with van der Waals surface area (Å²) in [6, 6.07) is 10.2. The van der Waals surface area contributed by atoms with Gasteiger partial charge in [0.05, 0.1) is 0 Å². The summed E-state index contributed by atoms with van der Waals surface area (Å²) in [5.74, 6) is 0. The maximum atomic E-state index is 11.7. The van der Waals surface area contributed by atoms with Crippen LogP contribution in [0.1, 0.15) is 18.1 Å². The fraction of sp³-hybridized carbons (Fsp3) is 0.333. The number of hydrogen-bond donors (Lipinski definition) is 2. The molecule has 0 saturated carbocycles. The summed E-state index contributed by atoms with van der Waals surface area (Å²) < 4.78 is 1.53. The van der Waals surface area contributed by atoms with Gasteiger partial charge in [0, 0.05) is 30.9 Å². The van der Waals surface area contributed by atoms with Gasteiger partial charge in [-0.15, -0.1) is 0 Å². The molecule has 5 heteroatoms. The molecule has 0 bridgehead atoms. The molecule has 20 heavy (non-hydrogen) atoms. The van der Waals surface area contributed by atoms with Gasteiger partial charge in [-0.3, -0.25) is 14.3 Å². The Hall–Kier alpha value is -2.14. The van der Waals surface area contributed by atoms with Crippen molar-refractivity contribution in [2.45, 2.75) is 33.0 Å². The van der Waals surface area contributed by atoms with Gasteiger partial charge in [-0.25, -0.2) is 4.79 Å². The molecule has 0 fully saturated rings. The lowest BCUT2D eigenvalue weighted by molar-refractivity contribution is 0.462. The van der Waals surface area contributed by atoms with E-state index in [0.29, 0.717) is 12.1 Å². The summed E-state index contributed by atoms with van der Waals surface area (Å²) in [6.45, 7) is 4.97. The number of rotatable bonds is 5. The van der Waals surface area contributed by atoms with Crippen molar-refractivity contribution in [3.8, 4) is 0 Å². The van der Waals surface area contributed by atoms with Crippen molar-refractivity contribution in [2.75, 3.05) is 0 Å². The van der Waals surface area contributed by atoms with Crippen molar-refractivity contribution < 1.29 is 0 Å². The van der Waals surface area contributed by atoms with Crippen LogP contribution >= 0.6 is 0 Å². The van der Waals surface area contributed by atoms with Gasteiger partial charge in [0.15, 0.2) is 0 Å². The average Bonchev–Trinajstić information content (AvgIpc) is 2.44. The second-order valence-electron chi connectivity index (χ2n) is 4.99. The van der Waals surface area contributed by atoms with E-state index >= 15 is 0 Å². The first kappa shape index (κ1) is 14.3. The lowest BCUT2D eigenvalue weighted by atomic mass is 10.2. The number of benzene rings is 1. The Morgan fingerprint density at radius 3 is 2.65 bits per heavy atom. The topological polar surface area (TPSA) is 66.9 Å². The van der Waals surface area contributed by atoms with Gasteiger partial charge in [-0.2, -0.15) is 0 Å². The number of hydrogen-bond acceptors (Lipinski definition) is 3. The van der Waals surface area contributed by atoms with Gasteiger partial charge in [0.25, 0.3) is 5.56 Å². The van der Waals surface area contributed by atoms with Crippen molar-refractivity contribution in [3.63, 3.8) is 0 Å². The van der Waals surface area contributed by atoms with Crippen molar-refractivity contribution in [3.05, 3.63) is 68.5 Å². The zero-order chi connectivity index (χ0) is 14.5. The fourth-order valence-electron chi connectivity index (χ4n) is 2.00. The fourth-order valence-corrected chi connectivity index (χ4v) is 2.00. The van der Waals surface area contributed by atoms with Gasteiger partial charge in [0.1, 0.15) is 0 Å². The van der Waals surface area contributed by atoms with Gasteiger partial charge in [0.2, 0.25) is 0 Å². The molecule has 0 aliphatic heterocycles. The second-order valence-corrected chi connectivity index (χ2v) is 4.99. The summed E-state index contributed by atoms with van der Waals surface area (Å²) in [6.07, 6.45) is 1.60. The molecule has 0 aliphatic carbocycles. The number of nitrogens with one attached hydrogen (secondary N) is 2. The average molecular weight is 273 g/mol. The monoisotopic (exact) mass is 273 g/mol. The molecule has 0 aliphatic rings. The molecule has 106 valence electrons. The van der Waals surface area contributed by atoms with Gasteiger partial charge < -0.3 is 5.32 Å². The first-order chi connectivity index (χ1) is 9.56. The van der Waals surface area contributed by atoms with E-state index in [9.17, 15) is 9.59 Å². The van der Waals surface area contributed by atoms with E-state index in [2.05, 4.69) is 22.4 Å². The van der Waals surface area contributed by atoms with Crippen LogP contribution in [0.25, 0.3) is 0 Å². The molecule has 1 unspecified atom stereocenters. The van der Waals surface area contributed by atoms with Crippen LogP contribution in [0.15, 0.2) is 46.1 Å². The molecule has 2 aromatic rings. The van der Waals surface area contributed by atoms with Crippen LogP contribution in [0, 0.1) is 6.92 Å². The zero-order valence-electron chi connectivity index (χ0n) is 11.7. The first-order valence-corrected chi connectivity index (χ1v) is 6.64. The largest absolute Gasteiger partial charge is 0.328 e. The van der Waals surface area contributed by atoms with Crippen LogP contribution in [-0.2, 0) is 13.1 Å². The molecule has 1 aromatic heterocycles. The molecule has 0 amide bonds. The number of H-pyrrole nitrogens is 1. The van der Waals surface area contributed by atoms with Crippen LogP contribution in [-0.4, -0.2) is 15.6 Å². The van der Waals surface area contributed by atoms with E-state index in [4.69, 9.17) is 0 Å². The molecule has 5 nitrogen and oxygen atoms in total. The summed E-state index contributed by atoms with van der Waals surface area (Å²) in [5, 5.41) is 3.36. The SMILES string of the molecule is Cc1cn(CC(C)NCc2ccccc2)c(=O)[nH]c1=O. The Bertz CT molecular complexity index is 674. The molecular weight excluding hydrogens is 254 g/mol. The summed E-state index contributed by atoms with van der Waals surface area (Å²) in [4.78, 5) is 25.3. The summed E-state index contributed by atoms with van der Waals surface area (Å²) in [5.41, 5.74) is 1.05. The number of aromatic amines is 1. The minimum absolute atomic E-state index is 0.123. The van der Waals surface area contributed by atoms with E-state index in [-0.39, 0.29) is 17.3 Å². The number of nitrogens with zero attached hydrogens (tertiary/aromatic N) is 1. The van der Waals surface area contributed by atoms with E-state index in [0.717, 1.165) is 6.54 Å². The molecule has 2 rings (SSSR count). The van der Waals surface area contributed by atoms with E-state index in [1.54, 1.807) is 13.1 Å². The highest BCUT2D eigenvalue weighted by Gasteiger charge is 2.06. The third-order valence-corrected chi connectivity index (χ3v) is 3.16. The number of aromatic nitrogens is 2. The maximum Gasteiger partial charge on any atom is 0.328 e.